The molecule has 1 atom stereocenters. The summed E-state index contributed by atoms with van der Waals surface area (Å²) in [5, 5.41) is 9.68. The first-order valence-corrected chi connectivity index (χ1v) is 8.03. The lowest BCUT2D eigenvalue weighted by Gasteiger charge is -2.35. The number of amides is 1. The molecule has 1 amide bonds. The number of aromatic nitrogens is 2. The Morgan fingerprint density at radius 1 is 1.36 bits per heavy atom. The number of nitrogens with one attached hydrogen (secondary N) is 2. The van der Waals surface area contributed by atoms with Gasteiger partial charge >= 0.3 is 6.18 Å². The van der Waals surface area contributed by atoms with E-state index in [0.717, 1.165) is 0 Å². The van der Waals surface area contributed by atoms with Crippen molar-refractivity contribution in [3.05, 3.63) is 17.5 Å². The molecule has 6 nitrogen and oxygen atoms in total. The molecule has 0 aromatic carbocycles. The van der Waals surface area contributed by atoms with Crippen LogP contribution in [0.3, 0.4) is 0 Å². The molecule has 1 saturated heterocycles. The number of hydrogen-bond acceptors (Lipinski definition) is 4. The van der Waals surface area contributed by atoms with E-state index in [0.29, 0.717) is 37.4 Å². The summed E-state index contributed by atoms with van der Waals surface area (Å²) in [6.45, 7) is 4.96. The van der Waals surface area contributed by atoms with Gasteiger partial charge in [0.2, 0.25) is 0 Å². The van der Waals surface area contributed by atoms with E-state index < -0.39 is 24.7 Å². The standard InChI is InChI=1S/C15H24F3N5O.ClH/c1-10(2)13-11(9-22(3)21-13)14(24)20-8-12(15(16,17)18)23-6-4-19-5-7-23;/h9-10,12,19H,4-8H2,1-3H3,(H,20,24);1H. The van der Waals surface area contributed by atoms with Crippen molar-refractivity contribution in [2.45, 2.75) is 32.0 Å². The Balaban J connectivity index is 0.00000312. The number of piperazine rings is 1. The number of hydrogen-bond donors (Lipinski definition) is 2. The second-order valence-corrected chi connectivity index (χ2v) is 6.31. The third kappa shape index (κ3) is 5.58. The van der Waals surface area contributed by atoms with Crippen molar-refractivity contribution >= 4 is 18.3 Å². The van der Waals surface area contributed by atoms with Crippen LogP contribution in [0.4, 0.5) is 13.2 Å². The largest absolute Gasteiger partial charge is 0.405 e. The molecule has 1 aliphatic heterocycles. The maximum absolute atomic E-state index is 13.3. The van der Waals surface area contributed by atoms with E-state index in [2.05, 4.69) is 15.7 Å². The second-order valence-electron chi connectivity index (χ2n) is 6.31. The van der Waals surface area contributed by atoms with Crippen molar-refractivity contribution in [3.63, 3.8) is 0 Å². The summed E-state index contributed by atoms with van der Waals surface area (Å²) in [4.78, 5) is 13.7. The molecule has 144 valence electrons. The minimum absolute atomic E-state index is 0. The summed E-state index contributed by atoms with van der Waals surface area (Å²) in [5.41, 5.74) is 0.912. The second kappa shape index (κ2) is 8.86. The van der Waals surface area contributed by atoms with Crippen molar-refractivity contribution < 1.29 is 18.0 Å². The predicted molar refractivity (Wildman–Crippen MR) is 91.2 cm³/mol. The third-order valence-electron chi connectivity index (χ3n) is 4.08. The van der Waals surface area contributed by atoms with Gasteiger partial charge in [-0.3, -0.25) is 14.4 Å². The summed E-state index contributed by atoms with van der Waals surface area (Å²) in [6.07, 6.45) is -2.85. The van der Waals surface area contributed by atoms with Crippen LogP contribution in [-0.2, 0) is 7.05 Å². The fourth-order valence-electron chi connectivity index (χ4n) is 2.84. The van der Waals surface area contributed by atoms with Gasteiger partial charge in [-0.25, -0.2) is 0 Å². The molecule has 0 bridgehead atoms. The number of aryl methyl sites for hydroxylation is 1. The average Bonchev–Trinajstić information content (AvgIpc) is 2.89. The fourth-order valence-corrected chi connectivity index (χ4v) is 2.84. The zero-order valence-electron chi connectivity index (χ0n) is 14.6. The zero-order chi connectivity index (χ0) is 17.9. The summed E-state index contributed by atoms with van der Waals surface area (Å²) in [5.74, 6) is -0.505. The van der Waals surface area contributed by atoms with Gasteiger partial charge in [0, 0.05) is 46.0 Å². The van der Waals surface area contributed by atoms with Gasteiger partial charge in [-0.05, 0) is 5.92 Å². The summed E-state index contributed by atoms with van der Waals surface area (Å²) >= 11 is 0. The van der Waals surface area contributed by atoms with Crippen LogP contribution in [0.25, 0.3) is 0 Å². The molecular weight excluding hydrogens is 359 g/mol. The van der Waals surface area contributed by atoms with E-state index in [-0.39, 0.29) is 18.3 Å². The molecule has 2 rings (SSSR count). The van der Waals surface area contributed by atoms with Crippen LogP contribution in [0.5, 0.6) is 0 Å². The maximum atomic E-state index is 13.3. The highest BCUT2D eigenvalue weighted by atomic mass is 35.5. The van der Waals surface area contributed by atoms with Crippen molar-refractivity contribution in [2.75, 3.05) is 32.7 Å². The van der Waals surface area contributed by atoms with E-state index in [1.807, 2.05) is 13.8 Å². The Bertz CT molecular complexity index is 570. The van der Waals surface area contributed by atoms with Crippen LogP contribution < -0.4 is 10.6 Å². The highest BCUT2D eigenvalue weighted by Gasteiger charge is 2.43. The van der Waals surface area contributed by atoms with Gasteiger partial charge in [-0.1, -0.05) is 13.8 Å². The smallest absolute Gasteiger partial charge is 0.350 e. The van der Waals surface area contributed by atoms with Gasteiger partial charge in [0.25, 0.3) is 5.91 Å². The fraction of sp³-hybridized carbons (Fsp3) is 0.733. The van der Waals surface area contributed by atoms with Crippen LogP contribution in [0.15, 0.2) is 6.20 Å². The van der Waals surface area contributed by atoms with Crippen molar-refractivity contribution in [1.29, 1.82) is 0 Å². The van der Waals surface area contributed by atoms with Gasteiger partial charge in [0.05, 0.1) is 11.3 Å². The molecule has 0 saturated carbocycles. The van der Waals surface area contributed by atoms with Gasteiger partial charge in [-0.2, -0.15) is 18.3 Å². The molecule has 1 unspecified atom stereocenters. The lowest BCUT2D eigenvalue weighted by atomic mass is 10.1. The summed E-state index contributed by atoms with van der Waals surface area (Å²) in [7, 11) is 1.68. The first-order chi connectivity index (χ1) is 11.2. The molecule has 2 N–H and O–H groups in total. The quantitative estimate of drug-likeness (QED) is 0.809. The topological polar surface area (TPSA) is 62.2 Å². The summed E-state index contributed by atoms with van der Waals surface area (Å²) in [6, 6.07) is -1.68. The predicted octanol–water partition coefficient (Wildman–Crippen LogP) is 1.53. The first kappa shape index (κ1) is 21.7. The van der Waals surface area contributed by atoms with E-state index >= 15 is 0 Å². The Labute approximate surface area is 151 Å². The van der Waals surface area contributed by atoms with Crippen LogP contribution >= 0.6 is 12.4 Å². The van der Waals surface area contributed by atoms with Crippen LogP contribution in [0.2, 0.25) is 0 Å². The summed E-state index contributed by atoms with van der Waals surface area (Å²) < 4.78 is 41.5. The van der Waals surface area contributed by atoms with E-state index in [1.54, 1.807) is 7.05 Å². The van der Waals surface area contributed by atoms with E-state index in [1.165, 1.54) is 15.8 Å². The van der Waals surface area contributed by atoms with Gasteiger partial charge < -0.3 is 10.6 Å². The highest BCUT2D eigenvalue weighted by molar-refractivity contribution is 5.95. The first-order valence-electron chi connectivity index (χ1n) is 8.03. The SMILES string of the molecule is CC(C)c1nn(C)cc1C(=O)NCC(N1CCNCC1)C(F)(F)F.Cl. The van der Waals surface area contributed by atoms with Crippen LogP contribution in [0, 0.1) is 0 Å². The number of carbonyl (C=O) groups excluding carboxylic acids is 1. The molecule has 1 aromatic rings. The van der Waals surface area contributed by atoms with E-state index in [9.17, 15) is 18.0 Å². The van der Waals surface area contributed by atoms with Crippen molar-refractivity contribution in [1.82, 2.24) is 25.3 Å². The third-order valence-corrected chi connectivity index (χ3v) is 4.08. The number of halogens is 4. The molecule has 0 radical (unpaired) electrons. The molecule has 1 aromatic heterocycles. The number of nitrogens with zero attached hydrogens (tertiary/aromatic N) is 3. The van der Waals surface area contributed by atoms with Gasteiger partial charge in [-0.15, -0.1) is 12.4 Å². The highest BCUT2D eigenvalue weighted by Crippen LogP contribution is 2.25. The minimum atomic E-state index is -4.39. The van der Waals surface area contributed by atoms with Gasteiger partial charge in [0.15, 0.2) is 0 Å². The molecule has 0 spiro atoms. The van der Waals surface area contributed by atoms with Crippen LogP contribution in [0.1, 0.15) is 35.8 Å². The number of carbonyl (C=O) groups is 1. The Morgan fingerprint density at radius 3 is 2.48 bits per heavy atom. The number of rotatable bonds is 5. The number of alkyl halides is 3. The molecular formula is C15H25ClF3N5O. The van der Waals surface area contributed by atoms with Crippen molar-refractivity contribution in [3.8, 4) is 0 Å². The molecule has 25 heavy (non-hydrogen) atoms. The lowest BCUT2D eigenvalue weighted by molar-refractivity contribution is -0.183. The Kier molecular flexibility index (Phi) is 7.70. The minimum Gasteiger partial charge on any atom is -0.350 e. The molecule has 1 aliphatic rings. The van der Waals surface area contributed by atoms with E-state index in [4.69, 9.17) is 0 Å². The maximum Gasteiger partial charge on any atom is 0.405 e. The normalized spacial score (nSPS) is 17.2. The lowest BCUT2D eigenvalue weighted by Crippen LogP contribution is -2.57. The van der Waals surface area contributed by atoms with Crippen molar-refractivity contribution in [2.24, 2.45) is 7.05 Å². The Morgan fingerprint density at radius 2 is 1.96 bits per heavy atom. The average molecular weight is 384 g/mol. The Hall–Kier alpha value is -1.32. The zero-order valence-corrected chi connectivity index (χ0v) is 15.4. The van der Waals surface area contributed by atoms with Gasteiger partial charge in [0.1, 0.15) is 6.04 Å². The molecule has 0 aliphatic carbocycles. The molecule has 2 heterocycles. The van der Waals surface area contributed by atoms with Crippen LogP contribution in [-0.4, -0.2) is 65.5 Å². The molecule has 1 fully saturated rings. The monoisotopic (exact) mass is 383 g/mol. The molecule has 10 heteroatoms.